The zero-order valence-electron chi connectivity index (χ0n) is 13.8. The zero-order chi connectivity index (χ0) is 18.0. The summed E-state index contributed by atoms with van der Waals surface area (Å²) < 4.78 is 14.1. The predicted octanol–water partition coefficient (Wildman–Crippen LogP) is 3.46. The highest BCUT2D eigenvalue weighted by atomic mass is 35.5. The molecule has 0 spiro atoms. The first-order chi connectivity index (χ1) is 11.9. The molecule has 4 nitrogen and oxygen atoms in total. The number of amides is 2. The Labute approximate surface area is 150 Å². The number of halogens is 2. The molecule has 0 saturated carbocycles. The number of rotatable bonds is 4. The minimum Gasteiger partial charge on any atom is -0.352 e. The third kappa shape index (κ3) is 3.99. The van der Waals surface area contributed by atoms with Crippen LogP contribution >= 0.6 is 11.6 Å². The van der Waals surface area contributed by atoms with Gasteiger partial charge in [-0.15, -0.1) is 0 Å². The molecular weight excluding hydrogens is 343 g/mol. The van der Waals surface area contributed by atoms with Crippen molar-refractivity contribution in [2.75, 3.05) is 11.4 Å². The lowest BCUT2D eigenvalue weighted by Crippen LogP contribution is -2.32. The van der Waals surface area contributed by atoms with Crippen LogP contribution in [0.5, 0.6) is 0 Å². The fourth-order valence-corrected chi connectivity index (χ4v) is 3.01. The van der Waals surface area contributed by atoms with Gasteiger partial charge in [-0.1, -0.05) is 29.8 Å². The molecule has 6 heteroatoms. The maximum absolute atomic E-state index is 14.1. The van der Waals surface area contributed by atoms with Gasteiger partial charge in [-0.05, 0) is 42.3 Å². The van der Waals surface area contributed by atoms with Gasteiger partial charge in [-0.3, -0.25) is 9.59 Å². The smallest absolute Gasteiger partial charge is 0.227 e. The van der Waals surface area contributed by atoms with E-state index in [1.165, 1.54) is 11.0 Å². The van der Waals surface area contributed by atoms with Gasteiger partial charge in [-0.25, -0.2) is 4.39 Å². The Bertz CT molecular complexity index is 808. The van der Waals surface area contributed by atoms with Crippen molar-refractivity contribution in [3.8, 4) is 0 Å². The van der Waals surface area contributed by atoms with Crippen LogP contribution in [0.2, 0.25) is 5.02 Å². The van der Waals surface area contributed by atoms with Crippen molar-refractivity contribution >= 4 is 29.1 Å². The van der Waals surface area contributed by atoms with Gasteiger partial charge in [0.2, 0.25) is 11.8 Å². The van der Waals surface area contributed by atoms with Crippen LogP contribution in [0.15, 0.2) is 42.5 Å². The summed E-state index contributed by atoms with van der Waals surface area (Å²) in [5, 5.41) is 3.45. The third-order valence-electron chi connectivity index (χ3n) is 4.27. The molecule has 1 unspecified atom stereocenters. The normalized spacial score (nSPS) is 17.0. The lowest BCUT2D eigenvalue weighted by molar-refractivity contribution is -0.126. The summed E-state index contributed by atoms with van der Waals surface area (Å²) in [7, 11) is 0. The van der Waals surface area contributed by atoms with E-state index in [-0.39, 0.29) is 30.5 Å². The molecular formula is C19H18ClFN2O2. The van der Waals surface area contributed by atoms with Gasteiger partial charge in [0.25, 0.3) is 0 Å². The van der Waals surface area contributed by atoms with Gasteiger partial charge in [-0.2, -0.15) is 0 Å². The standard InChI is InChI=1S/C19H18ClFN2O2/c1-12-2-7-17(16(21)8-12)23-11-14(9-18(23)24)19(25)22-10-13-3-5-15(20)6-4-13/h2-8,14H,9-11H2,1H3,(H,22,25). The van der Waals surface area contributed by atoms with E-state index < -0.39 is 11.7 Å². The summed E-state index contributed by atoms with van der Waals surface area (Å²) in [4.78, 5) is 25.9. The van der Waals surface area contributed by atoms with Crippen LogP contribution in [-0.2, 0) is 16.1 Å². The molecule has 0 bridgehead atoms. The van der Waals surface area contributed by atoms with Gasteiger partial charge in [0.15, 0.2) is 0 Å². The Morgan fingerprint density at radius 1 is 1.28 bits per heavy atom. The van der Waals surface area contributed by atoms with Crippen molar-refractivity contribution in [3.63, 3.8) is 0 Å². The van der Waals surface area contributed by atoms with Gasteiger partial charge in [0.1, 0.15) is 5.82 Å². The monoisotopic (exact) mass is 360 g/mol. The molecule has 3 rings (SSSR count). The number of hydrogen-bond donors (Lipinski definition) is 1. The molecule has 1 aliphatic rings. The van der Waals surface area contributed by atoms with Crippen molar-refractivity contribution in [1.29, 1.82) is 0 Å². The molecule has 2 amide bonds. The fourth-order valence-electron chi connectivity index (χ4n) is 2.88. The molecule has 0 aromatic heterocycles. The van der Waals surface area contributed by atoms with Crippen LogP contribution in [0.1, 0.15) is 17.5 Å². The summed E-state index contributed by atoms with van der Waals surface area (Å²) in [6, 6.07) is 11.9. The van der Waals surface area contributed by atoms with E-state index in [0.717, 1.165) is 11.1 Å². The molecule has 1 heterocycles. The van der Waals surface area contributed by atoms with Crippen LogP contribution in [0.4, 0.5) is 10.1 Å². The number of aryl methyl sites for hydroxylation is 1. The van der Waals surface area contributed by atoms with Gasteiger partial charge in [0.05, 0.1) is 11.6 Å². The number of benzene rings is 2. The molecule has 130 valence electrons. The van der Waals surface area contributed by atoms with Crippen molar-refractivity contribution in [3.05, 3.63) is 64.4 Å². The minimum atomic E-state index is -0.486. The van der Waals surface area contributed by atoms with E-state index in [1.807, 2.05) is 12.1 Å². The molecule has 0 aliphatic carbocycles. The number of anilines is 1. The fraction of sp³-hybridized carbons (Fsp3) is 0.263. The lowest BCUT2D eigenvalue weighted by Gasteiger charge is -2.17. The number of carbonyl (C=O) groups is 2. The van der Waals surface area contributed by atoms with Crippen molar-refractivity contribution in [2.24, 2.45) is 5.92 Å². The van der Waals surface area contributed by atoms with Crippen LogP contribution in [0, 0.1) is 18.7 Å². The van der Waals surface area contributed by atoms with E-state index in [0.29, 0.717) is 11.6 Å². The topological polar surface area (TPSA) is 49.4 Å². The molecule has 0 radical (unpaired) electrons. The van der Waals surface area contributed by atoms with Crippen LogP contribution in [0.3, 0.4) is 0 Å². The van der Waals surface area contributed by atoms with Crippen molar-refractivity contribution < 1.29 is 14.0 Å². The quantitative estimate of drug-likeness (QED) is 0.907. The Hall–Kier alpha value is -2.40. The summed E-state index contributed by atoms with van der Waals surface area (Å²) in [6.45, 7) is 2.33. The molecule has 2 aromatic rings. The van der Waals surface area contributed by atoms with Crippen molar-refractivity contribution in [2.45, 2.75) is 19.9 Å². The first kappa shape index (κ1) is 17.4. The minimum absolute atomic E-state index is 0.0831. The maximum atomic E-state index is 14.1. The van der Waals surface area contributed by atoms with Gasteiger partial charge < -0.3 is 10.2 Å². The first-order valence-electron chi connectivity index (χ1n) is 8.02. The predicted molar refractivity (Wildman–Crippen MR) is 94.9 cm³/mol. The van der Waals surface area contributed by atoms with Gasteiger partial charge in [0, 0.05) is 24.5 Å². The summed E-state index contributed by atoms with van der Waals surface area (Å²) >= 11 is 5.83. The number of nitrogens with one attached hydrogen (secondary N) is 1. The second-order valence-corrected chi connectivity index (χ2v) is 6.64. The Kier molecular flexibility index (Phi) is 5.04. The van der Waals surface area contributed by atoms with Crippen LogP contribution in [0.25, 0.3) is 0 Å². The summed E-state index contributed by atoms with van der Waals surface area (Å²) in [5.41, 5.74) is 1.93. The van der Waals surface area contributed by atoms with E-state index in [1.54, 1.807) is 31.2 Å². The highest BCUT2D eigenvalue weighted by Gasteiger charge is 2.36. The largest absolute Gasteiger partial charge is 0.352 e. The molecule has 1 fully saturated rings. The average molecular weight is 361 g/mol. The first-order valence-corrected chi connectivity index (χ1v) is 8.40. The Morgan fingerprint density at radius 3 is 2.68 bits per heavy atom. The molecule has 1 saturated heterocycles. The molecule has 25 heavy (non-hydrogen) atoms. The Balaban J connectivity index is 1.63. The zero-order valence-corrected chi connectivity index (χ0v) is 14.5. The van der Waals surface area contributed by atoms with Crippen LogP contribution < -0.4 is 10.2 Å². The molecule has 1 aliphatic heterocycles. The average Bonchev–Trinajstić information content (AvgIpc) is 2.96. The number of hydrogen-bond acceptors (Lipinski definition) is 2. The number of nitrogens with zero attached hydrogens (tertiary/aromatic N) is 1. The highest BCUT2D eigenvalue weighted by Crippen LogP contribution is 2.28. The molecule has 1 atom stereocenters. The third-order valence-corrected chi connectivity index (χ3v) is 4.52. The second-order valence-electron chi connectivity index (χ2n) is 6.20. The van der Waals surface area contributed by atoms with Crippen LogP contribution in [-0.4, -0.2) is 18.4 Å². The SMILES string of the molecule is Cc1ccc(N2CC(C(=O)NCc3ccc(Cl)cc3)CC2=O)c(F)c1. The van der Waals surface area contributed by atoms with E-state index >= 15 is 0 Å². The number of carbonyl (C=O) groups excluding carboxylic acids is 2. The highest BCUT2D eigenvalue weighted by molar-refractivity contribution is 6.30. The maximum Gasteiger partial charge on any atom is 0.227 e. The molecule has 1 N–H and O–H groups in total. The van der Waals surface area contributed by atoms with E-state index in [2.05, 4.69) is 5.32 Å². The van der Waals surface area contributed by atoms with E-state index in [9.17, 15) is 14.0 Å². The van der Waals surface area contributed by atoms with E-state index in [4.69, 9.17) is 11.6 Å². The summed E-state index contributed by atoms with van der Waals surface area (Å²) in [6.07, 6.45) is 0.0831. The summed E-state index contributed by atoms with van der Waals surface area (Å²) in [5.74, 6) is -1.39. The lowest BCUT2D eigenvalue weighted by atomic mass is 10.1. The Morgan fingerprint density at radius 2 is 2.00 bits per heavy atom. The second kappa shape index (κ2) is 7.23. The van der Waals surface area contributed by atoms with Crippen molar-refractivity contribution in [1.82, 2.24) is 5.32 Å². The van der Waals surface area contributed by atoms with Gasteiger partial charge >= 0.3 is 0 Å². The molecule has 2 aromatic carbocycles.